The lowest BCUT2D eigenvalue weighted by Crippen LogP contribution is -2.34. The maximum absolute atomic E-state index is 12.3. The second-order valence-electron chi connectivity index (χ2n) is 5.77. The largest absolute Gasteiger partial charge is 0.451 e. The summed E-state index contributed by atoms with van der Waals surface area (Å²) in [4.78, 5) is 23.2. The van der Waals surface area contributed by atoms with E-state index >= 15 is 0 Å². The maximum Gasteiger partial charge on any atom is 0.293 e. The molecule has 2 aromatic carbocycles. The molecule has 0 atom stereocenters. The van der Waals surface area contributed by atoms with Crippen LogP contribution in [0.1, 0.15) is 17.5 Å². The van der Waals surface area contributed by atoms with Crippen molar-refractivity contribution in [2.45, 2.75) is 6.92 Å². The highest BCUT2D eigenvalue weighted by Gasteiger charge is 2.13. The molecule has 0 bridgehead atoms. The number of benzene rings is 2. The van der Waals surface area contributed by atoms with Gasteiger partial charge in [0, 0.05) is 23.7 Å². The van der Waals surface area contributed by atoms with Crippen molar-refractivity contribution >= 4 is 68.8 Å². The average Bonchev–Trinajstić information content (AvgIpc) is 3.07. The van der Waals surface area contributed by atoms with Crippen LogP contribution in [0.4, 0.5) is 11.4 Å². The smallest absolute Gasteiger partial charge is 0.293 e. The molecule has 0 aliphatic heterocycles. The fourth-order valence-electron chi connectivity index (χ4n) is 2.38. The number of amides is 2. The number of carbonyl (C=O) groups is 2. The van der Waals surface area contributed by atoms with E-state index in [1.165, 1.54) is 6.92 Å². The number of anilines is 2. The molecule has 0 aliphatic carbocycles. The van der Waals surface area contributed by atoms with Gasteiger partial charge in [-0.05, 0) is 60.8 Å². The summed E-state index contributed by atoms with van der Waals surface area (Å²) in [6.45, 7) is 1.38. The van der Waals surface area contributed by atoms with Crippen LogP contribution in [0.15, 0.2) is 59.0 Å². The van der Waals surface area contributed by atoms with E-state index in [0.717, 1.165) is 5.39 Å². The lowest BCUT2D eigenvalue weighted by molar-refractivity contribution is -0.117. The van der Waals surface area contributed by atoms with Gasteiger partial charge in [-0.1, -0.05) is 18.2 Å². The van der Waals surface area contributed by atoms with Crippen molar-refractivity contribution in [2.24, 2.45) is 0 Å². The second kappa shape index (κ2) is 8.59. The molecule has 3 aromatic rings. The number of furan rings is 1. The molecule has 0 fully saturated rings. The molecule has 0 unspecified atom stereocenters. The number of carbonyl (C=O) groups excluding carboxylic acids is 2. The third-order valence-corrected chi connectivity index (χ3v) is 3.97. The highest BCUT2D eigenvalue weighted by Crippen LogP contribution is 2.18. The van der Waals surface area contributed by atoms with Gasteiger partial charge in [-0.2, -0.15) is 0 Å². The molecule has 0 saturated carbocycles. The molecule has 28 heavy (non-hydrogen) atoms. The Kier molecular flexibility index (Phi) is 5.97. The Morgan fingerprint density at radius 3 is 2.00 bits per heavy atom. The quantitative estimate of drug-likeness (QED) is 0.490. The van der Waals surface area contributed by atoms with Crippen LogP contribution in [0, 0.1) is 0 Å². The van der Waals surface area contributed by atoms with Gasteiger partial charge in [-0.25, -0.2) is 0 Å². The predicted octanol–water partition coefficient (Wildman–Crippen LogP) is 3.39. The zero-order valence-electron chi connectivity index (χ0n) is 14.7. The number of hydrogen-bond acceptors (Lipinski definition) is 5. The van der Waals surface area contributed by atoms with Crippen LogP contribution >= 0.6 is 24.4 Å². The van der Waals surface area contributed by atoms with E-state index in [9.17, 15) is 9.59 Å². The Balaban J connectivity index is 1.56. The van der Waals surface area contributed by atoms with Gasteiger partial charge in [0.2, 0.25) is 5.91 Å². The number of rotatable bonds is 3. The summed E-state index contributed by atoms with van der Waals surface area (Å²) in [6.07, 6.45) is 0. The molecule has 0 aliphatic rings. The molecule has 1 heterocycles. The van der Waals surface area contributed by atoms with Crippen molar-refractivity contribution in [1.29, 1.82) is 0 Å². The molecule has 7 nitrogen and oxygen atoms in total. The van der Waals surface area contributed by atoms with Crippen LogP contribution in [-0.2, 0) is 4.79 Å². The van der Waals surface area contributed by atoms with Crippen molar-refractivity contribution in [3.63, 3.8) is 0 Å². The van der Waals surface area contributed by atoms with Gasteiger partial charge < -0.3 is 20.4 Å². The molecule has 0 radical (unpaired) electrons. The van der Waals surface area contributed by atoms with Crippen molar-refractivity contribution in [3.8, 4) is 0 Å². The molecule has 0 spiro atoms. The van der Waals surface area contributed by atoms with Crippen molar-refractivity contribution < 1.29 is 14.0 Å². The van der Waals surface area contributed by atoms with E-state index in [4.69, 9.17) is 28.9 Å². The van der Waals surface area contributed by atoms with E-state index in [0.29, 0.717) is 17.0 Å². The Morgan fingerprint density at radius 2 is 1.43 bits per heavy atom. The van der Waals surface area contributed by atoms with E-state index < -0.39 is 5.91 Å². The van der Waals surface area contributed by atoms with Gasteiger partial charge in [-0.3, -0.25) is 14.9 Å². The highest BCUT2D eigenvalue weighted by molar-refractivity contribution is 7.80. The van der Waals surface area contributed by atoms with Crippen LogP contribution in [-0.4, -0.2) is 22.0 Å². The number of thiocarbonyl (C=S) groups is 2. The first-order chi connectivity index (χ1) is 13.4. The van der Waals surface area contributed by atoms with E-state index in [-0.39, 0.29) is 21.9 Å². The van der Waals surface area contributed by atoms with E-state index in [1.807, 2.05) is 18.2 Å². The zero-order chi connectivity index (χ0) is 20.1. The molecular formula is C19H16N4O3S2. The predicted molar refractivity (Wildman–Crippen MR) is 116 cm³/mol. The first-order valence-corrected chi connectivity index (χ1v) is 9.02. The molecule has 4 N–H and O–H groups in total. The lowest BCUT2D eigenvalue weighted by Gasteiger charge is -2.11. The van der Waals surface area contributed by atoms with Crippen LogP contribution in [0.3, 0.4) is 0 Å². The van der Waals surface area contributed by atoms with Gasteiger partial charge in [-0.15, -0.1) is 0 Å². The van der Waals surface area contributed by atoms with Crippen LogP contribution in [0.5, 0.6) is 0 Å². The van der Waals surface area contributed by atoms with Gasteiger partial charge in [0.05, 0.1) is 0 Å². The van der Waals surface area contributed by atoms with Gasteiger partial charge in [0.25, 0.3) is 5.91 Å². The van der Waals surface area contributed by atoms with Crippen molar-refractivity contribution in [2.75, 3.05) is 10.6 Å². The molecule has 2 amide bonds. The molecular weight excluding hydrogens is 396 g/mol. The molecule has 0 saturated heterocycles. The standard InChI is InChI=1S/C19H16N4O3S2/c1-11(24)20-18(27)21-13-6-8-14(9-7-13)22-19(28)23-17(25)16-10-12-4-2-3-5-15(12)26-16/h2-10H,1H3,(H2,20,21,24,27)(H2,22,23,25,28). The fraction of sp³-hybridized carbons (Fsp3) is 0.0526. The van der Waals surface area contributed by atoms with Gasteiger partial charge in [0.15, 0.2) is 16.0 Å². The highest BCUT2D eigenvalue weighted by atomic mass is 32.1. The van der Waals surface area contributed by atoms with Gasteiger partial charge >= 0.3 is 0 Å². The molecule has 3 rings (SSSR count). The lowest BCUT2D eigenvalue weighted by atomic mass is 10.2. The fourth-order valence-corrected chi connectivity index (χ4v) is 2.85. The SMILES string of the molecule is CC(=O)NC(=S)Nc1ccc(NC(=S)NC(=O)c2cc3ccccc3o2)cc1. The Bertz CT molecular complexity index is 1030. The molecule has 9 heteroatoms. The summed E-state index contributed by atoms with van der Waals surface area (Å²) in [5.41, 5.74) is 2.00. The summed E-state index contributed by atoms with van der Waals surface area (Å²) in [5.74, 6) is -0.509. The molecule has 1 aromatic heterocycles. The first kappa shape index (κ1) is 19.5. The normalized spacial score (nSPS) is 10.2. The minimum atomic E-state index is -0.437. The minimum absolute atomic E-state index is 0.139. The number of nitrogens with one attached hydrogen (secondary N) is 4. The van der Waals surface area contributed by atoms with Crippen LogP contribution in [0.2, 0.25) is 0 Å². The van der Waals surface area contributed by atoms with Crippen molar-refractivity contribution in [3.05, 3.63) is 60.4 Å². The number of hydrogen-bond donors (Lipinski definition) is 4. The number of para-hydroxylation sites is 1. The van der Waals surface area contributed by atoms with E-state index in [2.05, 4.69) is 21.3 Å². The maximum atomic E-state index is 12.3. The monoisotopic (exact) mass is 412 g/mol. The summed E-state index contributed by atoms with van der Waals surface area (Å²) in [6, 6.07) is 16.0. The first-order valence-electron chi connectivity index (χ1n) is 8.20. The topological polar surface area (TPSA) is 95.4 Å². The summed E-state index contributed by atoms with van der Waals surface area (Å²) in [5, 5.41) is 12.0. The summed E-state index contributed by atoms with van der Waals surface area (Å²) >= 11 is 10.2. The second-order valence-corrected chi connectivity index (χ2v) is 6.59. The third-order valence-electron chi connectivity index (χ3n) is 3.57. The van der Waals surface area contributed by atoms with E-state index in [1.54, 1.807) is 36.4 Å². The van der Waals surface area contributed by atoms with Crippen LogP contribution in [0.25, 0.3) is 11.0 Å². The van der Waals surface area contributed by atoms with Gasteiger partial charge in [0.1, 0.15) is 5.58 Å². The summed E-state index contributed by atoms with van der Waals surface area (Å²) < 4.78 is 5.51. The average molecular weight is 412 g/mol. The number of fused-ring (bicyclic) bond motifs is 1. The van der Waals surface area contributed by atoms with Crippen molar-refractivity contribution in [1.82, 2.24) is 10.6 Å². The Morgan fingerprint density at radius 1 is 0.857 bits per heavy atom. The Labute approximate surface area is 171 Å². The van der Waals surface area contributed by atoms with Crippen LogP contribution < -0.4 is 21.3 Å². The third kappa shape index (κ3) is 5.12. The minimum Gasteiger partial charge on any atom is -0.451 e. The Hall–Kier alpha value is -3.30. The zero-order valence-corrected chi connectivity index (χ0v) is 16.4. The molecule has 142 valence electrons. The summed E-state index contributed by atoms with van der Waals surface area (Å²) in [7, 11) is 0.